The van der Waals surface area contributed by atoms with Crippen molar-refractivity contribution in [2.75, 3.05) is 18.9 Å². The molecule has 1 fully saturated rings. The number of benzene rings is 1. The summed E-state index contributed by atoms with van der Waals surface area (Å²) in [6.45, 7) is 6.18. The highest BCUT2D eigenvalue weighted by molar-refractivity contribution is 5.88. The normalized spacial score (nSPS) is 14.8. The Balaban J connectivity index is 1.66. The molecule has 7 nitrogen and oxygen atoms in total. The van der Waals surface area contributed by atoms with E-state index in [1.165, 1.54) is 0 Å². The number of carboxylic acid groups (broad SMARTS) is 1. The number of aromatic carboxylic acids is 1. The number of likely N-dealkylation sites (N-methyl/N-ethyl adjacent to an activating group) is 1. The molecule has 29 heavy (non-hydrogen) atoms. The molecule has 1 aliphatic rings. The van der Waals surface area contributed by atoms with Crippen LogP contribution in [0.4, 0.5) is 10.5 Å². The Kier molecular flexibility index (Phi) is 5.50. The molecule has 1 aromatic carbocycles. The molecule has 0 bridgehead atoms. The molecule has 2 N–H and O–H groups in total. The number of aromatic nitrogens is 1. The Morgan fingerprint density at radius 2 is 1.83 bits per heavy atom. The van der Waals surface area contributed by atoms with Crippen LogP contribution in [0.1, 0.15) is 44.0 Å². The lowest BCUT2D eigenvalue weighted by molar-refractivity contribution is 0.0206. The molecule has 0 radical (unpaired) electrons. The van der Waals surface area contributed by atoms with Crippen LogP contribution in [0.2, 0.25) is 0 Å². The molecule has 0 aliphatic heterocycles. The first-order chi connectivity index (χ1) is 13.6. The lowest BCUT2D eigenvalue weighted by atomic mass is 10.1. The molecule has 0 atom stereocenters. The van der Waals surface area contributed by atoms with Gasteiger partial charge in [-0.1, -0.05) is 12.1 Å². The van der Waals surface area contributed by atoms with Crippen molar-refractivity contribution in [3.05, 3.63) is 48.3 Å². The van der Waals surface area contributed by atoms with Crippen molar-refractivity contribution in [1.29, 1.82) is 0 Å². The molecule has 1 heterocycles. The van der Waals surface area contributed by atoms with Gasteiger partial charge in [-0.3, -0.25) is 4.98 Å². The number of carboxylic acids is 1. The molecule has 1 aromatic heterocycles. The third kappa shape index (κ3) is 5.04. The van der Waals surface area contributed by atoms with E-state index in [4.69, 9.17) is 9.84 Å². The summed E-state index contributed by atoms with van der Waals surface area (Å²) in [4.78, 5) is 29.4. The fraction of sp³-hybridized carbons (Fsp3) is 0.409. The molecule has 1 amide bonds. The molecule has 1 saturated carbocycles. The number of rotatable bonds is 6. The average Bonchev–Trinajstić information content (AvgIpc) is 3.46. The minimum absolute atomic E-state index is 0.247. The van der Waals surface area contributed by atoms with Gasteiger partial charge < -0.3 is 20.1 Å². The monoisotopic (exact) mass is 397 g/mol. The second kappa shape index (κ2) is 7.73. The first-order valence-corrected chi connectivity index (χ1v) is 9.59. The van der Waals surface area contributed by atoms with E-state index < -0.39 is 11.6 Å². The van der Waals surface area contributed by atoms with Gasteiger partial charge in [-0.05, 0) is 57.4 Å². The minimum atomic E-state index is -0.950. The summed E-state index contributed by atoms with van der Waals surface area (Å²) in [7, 11) is 1.78. The third-order valence-electron chi connectivity index (χ3n) is 5.03. The van der Waals surface area contributed by atoms with Crippen LogP contribution in [0.5, 0.6) is 0 Å². The Morgan fingerprint density at radius 3 is 2.38 bits per heavy atom. The highest BCUT2D eigenvalue weighted by Crippen LogP contribution is 2.41. The van der Waals surface area contributed by atoms with Gasteiger partial charge in [-0.25, -0.2) is 9.59 Å². The summed E-state index contributed by atoms with van der Waals surface area (Å²) in [5.74, 6) is -0.950. The molecular formula is C22H27N3O4. The molecule has 0 spiro atoms. The summed E-state index contributed by atoms with van der Waals surface area (Å²) >= 11 is 0. The predicted octanol–water partition coefficient (Wildman–Crippen LogP) is 4.26. The number of amides is 1. The summed E-state index contributed by atoms with van der Waals surface area (Å²) in [5.41, 5.74) is 2.09. The average molecular weight is 397 g/mol. The van der Waals surface area contributed by atoms with Gasteiger partial charge in [0, 0.05) is 31.5 Å². The number of hydrogen-bond donors (Lipinski definition) is 2. The van der Waals surface area contributed by atoms with Crippen molar-refractivity contribution in [1.82, 2.24) is 9.88 Å². The van der Waals surface area contributed by atoms with Crippen LogP contribution < -0.4 is 5.32 Å². The fourth-order valence-corrected chi connectivity index (χ4v) is 3.07. The first-order valence-electron chi connectivity index (χ1n) is 9.59. The standard InChI is InChI=1S/C22H27N3O4/c1-21(2,3)29-20(28)25(4)22(9-10-22)14-24-18-11-17(12-23-13-18)15-5-7-16(8-6-15)19(26)27/h5-8,11-13,24H,9-10,14H2,1-4H3,(H,26,27). The van der Waals surface area contributed by atoms with Gasteiger partial charge in [0.15, 0.2) is 0 Å². The lowest BCUT2D eigenvalue weighted by Gasteiger charge is -2.31. The van der Waals surface area contributed by atoms with Crippen molar-refractivity contribution < 1.29 is 19.4 Å². The van der Waals surface area contributed by atoms with Gasteiger partial charge >= 0.3 is 12.1 Å². The van der Waals surface area contributed by atoms with Crippen LogP contribution in [-0.4, -0.2) is 51.8 Å². The maximum atomic E-state index is 12.4. The Bertz CT molecular complexity index is 899. The van der Waals surface area contributed by atoms with Crippen molar-refractivity contribution in [3.63, 3.8) is 0 Å². The highest BCUT2D eigenvalue weighted by Gasteiger charge is 2.49. The van der Waals surface area contributed by atoms with Crippen LogP contribution in [-0.2, 0) is 4.74 Å². The van der Waals surface area contributed by atoms with Crippen molar-refractivity contribution in [2.45, 2.75) is 44.8 Å². The van der Waals surface area contributed by atoms with Gasteiger partial charge in [0.2, 0.25) is 0 Å². The summed E-state index contributed by atoms with van der Waals surface area (Å²) in [6, 6.07) is 8.65. The molecule has 3 rings (SSSR count). The summed E-state index contributed by atoms with van der Waals surface area (Å²) in [6.07, 6.45) is 4.99. The van der Waals surface area contributed by atoms with Crippen molar-refractivity contribution in [2.24, 2.45) is 0 Å². The maximum Gasteiger partial charge on any atom is 0.410 e. The number of nitrogens with zero attached hydrogens (tertiary/aromatic N) is 2. The van der Waals surface area contributed by atoms with E-state index in [1.807, 2.05) is 26.8 Å². The van der Waals surface area contributed by atoms with Gasteiger partial charge in [-0.2, -0.15) is 0 Å². The second-order valence-corrected chi connectivity index (χ2v) is 8.46. The number of carbonyl (C=O) groups is 2. The first kappa shape index (κ1) is 20.6. The van der Waals surface area contributed by atoms with Gasteiger partial charge in [0.25, 0.3) is 0 Å². The fourth-order valence-electron chi connectivity index (χ4n) is 3.07. The van der Waals surface area contributed by atoms with E-state index in [0.29, 0.717) is 6.54 Å². The van der Waals surface area contributed by atoms with Crippen LogP contribution in [0, 0.1) is 0 Å². The van der Waals surface area contributed by atoms with Crippen molar-refractivity contribution >= 4 is 17.7 Å². The smallest absolute Gasteiger partial charge is 0.410 e. The predicted molar refractivity (Wildman–Crippen MR) is 111 cm³/mol. The molecule has 154 valence electrons. The van der Waals surface area contributed by atoms with Crippen LogP contribution in [0.15, 0.2) is 42.7 Å². The zero-order chi connectivity index (χ0) is 21.2. The van der Waals surface area contributed by atoms with Gasteiger partial charge in [0.05, 0.1) is 16.8 Å². The van der Waals surface area contributed by atoms with Gasteiger partial charge in [-0.15, -0.1) is 0 Å². The number of hydrogen-bond acceptors (Lipinski definition) is 5. The van der Waals surface area contributed by atoms with Crippen LogP contribution in [0.25, 0.3) is 11.1 Å². The van der Waals surface area contributed by atoms with Crippen LogP contribution >= 0.6 is 0 Å². The topological polar surface area (TPSA) is 91.8 Å². The second-order valence-electron chi connectivity index (χ2n) is 8.46. The van der Waals surface area contributed by atoms with E-state index in [2.05, 4.69) is 10.3 Å². The molecular weight excluding hydrogens is 370 g/mol. The number of pyridine rings is 1. The number of ether oxygens (including phenoxy) is 1. The minimum Gasteiger partial charge on any atom is -0.478 e. The van der Waals surface area contributed by atoms with Crippen LogP contribution in [0.3, 0.4) is 0 Å². The lowest BCUT2D eigenvalue weighted by Crippen LogP contribution is -2.45. The van der Waals surface area contributed by atoms with Crippen molar-refractivity contribution in [3.8, 4) is 11.1 Å². The highest BCUT2D eigenvalue weighted by atomic mass is 16.6. The maximum absolute atomic E-state index is 12.4. The summed E-state index contributed by atoms with van der Waals surface area (Å²) in [5, 5.41) is 12.4. The molecule has 0 saturated heterocycles. The summed E-state index contributed by atoms with van der Waals surface area (Å²) < 4.78 is 5.49. The van der Waals surface area contributed by atoms with E-state index in [0.717, 1.165) is 29.7 Å². The SMILES string of the molecule is CN(C(=O)OC(C)(C)C)C1(CNc2cncc(-c3ccc(C(=O)O)cc3)c2)CC1. The molecule has 7 heteroatoms. The van der Waals surface area contributed by atoms with E-state index in [1.54, 1.807) is 48.6 Å². The molecule has 0 unspecified atom stereocenters. The Morgan fingerprint density at radius 1 is 1.17 bits per heavy atom. The van der Waals surface area contributed by atoms with E-state index in [9.17, 15) is 9.59 Å². The largest absolute Gasteiger partial charge is 0.478 e. The van der Waals surface area contributed by atoms with Gasteiger partial charge in [0.1, 0.15) is 5.60 Å². The number of nitrogens with one attached hydrogen (secondary N) is 1. The third-order valence-corrected chi connectivity index (χ3v) is 5.03. The zero-order valence-electron chi connectivity index (χ0n) is 17.2. The Hall–Kier alpha value is -3.09. The molecule has 2 aromatic rings. The zero-order valence-corrected chi connectivity index (χ0v) is 17.2. The molecule has 1 aliphatic carbocycles. The van der Waals surface area contributed by atoms with E-state index in [-0.39, 0.29) is 17.2 Å². The Labute approximate surface area is 170 Å². The number of carbonyl (C=O) groups excluding carboxylic acids is 1. The van der Waals surface area contributed by atoms with E-state index >= 15 is 0 Å². The quantitative estimate of drug-likeness (QED) is 0.757. The number of anilines is 1.